The van der Waals surface area contributed by atoms with Crippen molar-refractivity contribution in [3.63, 3.8) is 0 Å². The van der Waals surface area contributed by atoms with Crippen molar-refractivity contribution in [3.05, 3.63) is 35.0 Å². The molecule has 0 aliphatic heterocycles. The zero-order valence-corrected chi connectivity index (χ0v) is 15.5. The van der Waals surface area contributed by atoms with E-state index in [1.807, 2.05) is 6.92 Å². The monoisotopic (exact) mass is 381 g/mol. The number of carbonyl (C=O) groups excluding carboxylic acids is 3. The first-order chi connectivity index (χ1) is 12.4. The topological polar surface area (TPSA) is 81.7 Å². The summed E-state index contributed by atoms with van der Waals surface area (Å²) >= 11 is 1.08. The van der Waals surface area contributed by atoms with Crippen LogP contribution in [-0.4, -0.2) is 37.6 Å². The number of nitrogens with one attached hydrogen (secondary N) is 1. The minimum absolute atomic E-state index is 0.132. The minimum Gasteiger partial charge on any atom is -0.467 e. The van der Waals surface area contributed by atoms with Crippen molar-refractivity contribution < 1.29 is 28.2 Å². The zero-order valence-electron chi connectivity index (χ0n) is 14.7. The Labute approximate surface area is 154 Å². The smallest absolute Gasteiger partial charge is 0.348 e. The van der Waals surface area contributed by atoms with Crippen LogP contribution >= 0.6 is 11.3 Å². The highest BCUT2D eigenvalue weighted by Gasteiger charge is 2.27. The fourth-order valence-electron chi connectivity index (χ4n) is 2.34. The third-order valence-electron chi connectivity index (χ3n) is 4.03. The van der Waals surface area contributed by atoms with E-state index in [-0.39, 0.29) is 10.8 Å². The van der Waals surface area contributed by atoms with Gasteiger partial charge in [-0.15, -0.1) is 11.3 Å². The number of fused-ring (bicyclic) bond motifs is 1. The van der Waals surface area contributed by atoms with Gasteiger partial charge in [0.15, 0.2) is 6.61 Å². The number of benzene rings is 1. The van der Waals surface area contributed by atoms with Gasteiger partial charge in [-0.05, 0) is 24.1 Å². The summed E-state index contributed by atoms with van der Waals surface area (Å²) < 4.78 is 24.0. The van der Waals surface area contributed by atoms with E-state index in [9.17, 15) is 18.8 Å². The minimum atomic E-state index is -0.811. The number of thiophene rings is 1. The van der Waals surface area contributed by atoms with Gasteiger partial charge in [0.05, 0.1) is 7.11 Å². The number of amides is 1. The largest absolute Gasteiger partial charge is 0.467 e. The van der Waals surface area contributed by atoms with Crippen LogP contribution < -0.4 is 5.32 Å². The van der Waals surface area contributed by atoms with Crippen molar-refractivity contribution >= 4 is 39.3 Å². The summed E-state index contributed by atoms with van der Waals surface area (Å²) in [6.07, 6.45) is 0.660. The highest BCUT2D eigenvalue weighted by Crippen LogP contribution is 2.28. The molecule has 0 spiro atoms. The molecule has 0 radical (unpaired) electrons. The summed E-state index contributed by atoms with van der Waals surface area (Å²) in [5.41, 5.74) is 0. The number of ether oxygens (including phenoxy) is 2. The van der Waals surface area contributed by atoms with E-state index in [4.69, 9.17) is 4.74 Å². The van der Waals surface area contributed by atoms with Gasteiger partial charge in [-0.3, -0.25) is 4.79 Å². The average molecular weight is 381 g/mol. The predicted molar refractivity (Wildman–Crippen MR) is 95.5 cm³/mol. The molecule has 26 heavy (non-hydrogen) atoms. The van der Waals surface area contributed by atoms with Crippen LogP contribution in [0.2, 0.25) is 0 Å². The number of rotatable bonds is 7. The van der Waals surface area contributed by atoms with Crippen molar-refractivity contribution in [1.29, 1.82) is 0 Å². The highest BCUT2D eigenvalue weighted by molar-refractivity contribution is 7.20. The van der Waals surface area contributed by atoms with E-state index < -0.39 is 36.3 Å². The van der Waals surface area contributed by atoms with E-state index >= 15 is 0 Å². The standard InChI is InChI=1S/C18H20FNO5S/c1-4-10(2)16(18(23)24-3)20-15(21)9-25-17(22)14-8-11-12(19)6-5-7-13(11)26-14/h5-8,10,16H,4,9H2,1-3H3,(H,20,21)/t10-,16-/m0/s1. The van der Waals surface area contributed by atoms with Gasteiger partial charge < -0.3 is 14.8 Å². The second-order valence-electron chi connectivity index (χ2n) is 5.79. The summed E-state index contributed by atoms with van der Waals surface area (Å²) in [7, 11) is 1.24. The van der Waals surface area contributed by atoms with E-state index in [1.165, 1.54) is 19.2 Å². The molecule has 140 valence electrons. The molecule has 6 nitrogen and oxygen atoms in total. The Morgan fingerprint density at radius 1 is 1.31 bits per heavy atom. The molecular weight excluding hydrogens is 361 g/mol. The number of methoxy groups -OCH3 is 1. The lowest BCUT2D eigenvalue weighted by molar-refractivity contribution is -0.147. The molecule has 0 saturated carbocycles. The summed E-state index contributed by atoms with van der Waals surface area (Å²) in [6.45, 7) is 3.15. The van der Waals surface area contributed by atoms with Crippen molar-refractivity contribution in [2.45, 2.75) is 26.3 Å². The van der Waals surface area contributed by atoms with E-state index in [1.54, 1.807) is 19.1 Å². The molecule has 1 amide bonds. The molecule has 0 bridgehead atoms. The number of halogens is 1. The van der Waals surface area contributed by atoms with E-state index in [0.717, 1.165) is 11.3 Å². The zero-order chi connectivity index (χ0) is 19.3. The van der Waals surface area contributed by atoms with Crippen LogP contribution in [0.3, 0.4) is 0 Å². The molecule has 0 fully saturated rings. The third kappa shape index (κ3) is 4.57. The third-order valence-corrected chi connectivity index (χ3v) is 5.11. The second-order valence-corrected chi connectivity index (χ2v) is 6.88. The molecule has 1 N–H and O–H groups in total. The van der Waals surface area contributed by atoms with E-state index in [0.29, 0.717) is 16.5 Å². The van der Waals surface area contributed by atoms with Gasteiger partial charge in [-0.1, -0.05) is 26.3 Å². The van der Waals surface area contributed by atoms with Gasteiger partial charge in [0.25, 0.3) is 5.91 Å². The summed E-state index contributed by atoms with van der Waals surface area (Å²) in [5.74, 6) is -2.45. The van der Waals surface area contributed by atoms with Gasteiger partial charge in [0.1, 0.15) is 16.7 Å². The highest BCUT2D eigenvalue weighted by atomic mass is 32.1. The lowest BCUT2D eigenvalue weighted by Crippen LogP contribution is -2.47. The molecule has 0 saturated heterocycles. The predicted octanol–water partition coefficient (Wildman–Crippen LogP) is 2.90. The lowest BCUT2D eigenvalue weighted by atomic mass is 9.99. The molecule has 2 aromatic rings. The van der Waals surface area contributed by atoms with Crippen molar-refractivity contribution in [2.75, 3.05) is 13.7 Å². The SMILES string of the molecule is CC[C@H](C)[C@H](NC(=O)COC(=O)c1cc2c(F)cccc2s1)C(=O)OC. The van der Waals surface area contributed by atoms with Gasteiger partial charge in [-0.2, -0.15) is 0 Å². The Balaban J connectivity index is 1.98. The van der Waals surface area contributed by atoms with Gasteiger partial charge in [0, 0.05) is 10.1 Å². The Bertz CT molecular complexity index is 819. The Morgan fingerprint density at radius 2 is 2.04 bits per heavy atom. The second kappa shape index (κ2) is 8.75. The van der Waals surface area contributed by atoms with Crippen LogP contribution in [-0.2, 0) is 19.1 Å². The Morgan fingerprint density at radius 3 is 2.65 bits per heavy atom. The van der Waals surface area contributed by atoms with Crippen LogP contribution in [0, 0.1) is 11.7 Å². The first-order valence-corrected chi connectivity index (χ1v) is 8.91. The number of hydrogen-bond donors (Lipinski definition) is 1. The molecule has 2 atom stereocenters. The van der Waals surface area contributed by atoms with Crippen molar-refractivity contribution in [2.24, 2.45) is 5.92 Å². The molecule has 0 aliphatic carbocycles. The molecule has 1 aromatic heterocycles. The maximum Gasteiger partial charge on any atom is 0.348 e. The van der Waals surface area contributed by atoms with Crippen molar-refractivity contribution in [1.82, 2.24) is 5.32 Å². The summed E-state index contributed by atoms with van der Waals surface area (Å²) in [4.78, 5) is 36.1. The lowest BCUT2D eigenvalue weighted by Gasteiger charge is -2.21. The summed E-state index contributed by atoms with van der Waals surface area (Å²) in [6, 6.07) is 5.14. The van der Waals surface area contributed by atoms with Crippen LogP contribution in [0.25, 0.3) is 10.1 Å². The first kappa shape index (κ1) is 19.8. The fraction of sp³-hybridized carbons (Fsp3) is 0.389. The van der Waals surface area contributed by atoms with Crippen LogP contribution in [0.15, 0.2) is 24.3 Å². The molecule has 1 heterocycles. The molecule has 0 unspecified atom stereocenters. The van der Waals surface area contributed by atoms with Gasteiger partial charge in [0.2, 0.25) is 0 Å². The maximum atomic E-state index is 13.7. The maximum absolute atomic E-state index is 13.7. The summed E-state index contributed by atoms with van der Waals surface area (Å²) in [5, 5.41) is 2.84. The molecule has 8 heteroatoms. The van der Waals surface area contributed by atoms with Crippen LogP contribution in [0.1, 0.15) is 29.9 Å². The number of esters is 2. The fourth-order valence-corrected chi connectivity index (χ4v) is 3.31. The number of hydrogen-bond acceptors (Lipinski definition) is 6. The molecule has 1 aromatic carbocycles. The normalized spacial score (nSPS) is 13.1. The van der Waals surface area contributed by atoms with Crippen LogP contribution in [0.5, 0.6) is 0 Å². The average Bonchev–Trinajstić information content (AvgIpc) is 3.08. The van der Waals surface area contributed by atoms with Gasteiger partial charge >= 0.3 is 11.9 Å². The molecule has 2 rings (SSSR count). The van der Waals surface area contributed by atoms with Crippen molar-refractivity contribution in [3.8, 4) is 0 Å². The molecular formula is C18H20FNO5S. The number of carbonyl (C=O) groups is 3. The van der Waals surface area contributed by atoms with Crippen LogP contribution in [0.4, 0.5) is 4.39 Å². The van der Waals surface area contributed by atoms with E-state index in [2.05, 4.69) is 10.1 Å². The first-order valence-electron chi connectivity index (χ1n) is 8.09. The molecule has 0 aliphatic rings. The quantitative estimate of drug-likeness (QED) is 0.746. The Kier molecular flexibility index (Phi) is 6.68. The Hall–Kier alpha value is -2.48. The van der Waals surface area contributed by atoms with Gasteiger partial charge in [-0.25, -0.2) is 14.0 Å².